The maximum atomic E-state index is 9.61. The number of aromatic nitrogens is 1. The minimum Gasteiger partial charge on any atom is -0.391 e. The normalized spacial score (nSPS) is 21.1. The SMILES string of the molecule is O[C@@H]1CCc2cc3ccccc3n2C1. The van der Waals surface area contributed by atoms with Crippen molar-refractivity contribution in [3.63, 3.8) is 0 Å². The summed E-state index contributed by atoms with van der Waals surface area (Å²) in [6, 6.07) is 10.6. The molecule has 0 saturated carbocycles. The molecule has 1 aliphatic heterocycles. The van der Waals surface area contributed by atoms with Crippen LogP contribution in [0.25, 0.3) is 10.9 Å². The standard InChI is InChI=1S/C12H13NO/c14-11-6-5-10-7-9-3-1-2-4-12(9)13(10)8-11/h1-4,7,11,14H,5-6,8H2/t11-/m1/s1. The summed E-state index contributed by atoms with van der Waals surface area (Å²) in [6.45, 7) is 0.753. The first-order valence-electron chi connectivity index (χ1n) is 5.10. The van der Waals surface area contributed by atoms with E-state index in [1.54, 1.807) is 0 Å². The van der Waals surface area contributed by atoms with E-state index in [-0.39, 0.29) is 6.10 Å². The van der Waals surface area contributed by atoms with Crippen molar-refractivity contribution in [3.05, 3.63) is 36.0 Å². The lowest BCUT2D eigenvalue weighted by molar-refractivity contribution is 0.133. The zero-order chi connectivity index (χ0) is 9.54. The zero-order valence-corrected chi connectivity index (χ0v) is 7.98. The van der Waals surface area contributed by atoms with Crippen LogP contribution in [0.3, 0.4) is 0 Å². The predicted octanol–water partition coefficient (Wildman–Crippen LogP) is 1.95. The minimum absolute atomic E-state index is 0.168. The van der Waals surface area contributed by atoms with E-state index in [2.05, 4.69) is 34.9 Å². The number of aryl methyl sites for hydroxylation is 1. The Bertz CT molecular complexity index is 472. The van der Waals surface area contributed by atoms with E-state index < -0.39 is 0 Å². The Hall–Kier alpha value is -1.28. The molecule has 1 aromatic heterocycles. The van der Waals surface area contributed by atoms with E-state index in [1.807, 2.05) is 0 Å². The van der Waals surface area contributed by atoms with Crippen molar-refractivity contribution in [2.75, 3.05) is 0 Å². The van der Waals surface area contributed by atoms with Gasteiger partial charge in [0, 0.05) is 17.8 Å². The highest BCUT2D eigenvalue weighted by atomic mass is 16.3. The van der Waals surface area contributed by atoms with Crippen LogP contribution in [0, 0.1) is 0 Å². The highest BCUT2D eigenvalue weighted by molar-refractivity contribution is 5.81. The molecule has 1 aromatic carbocycles. The monoisotopic (exact) mass is 187 g/mol. The molecule has 0 amide bonds. The van der Waals surface area contributed by atoms with Gasteiger partial charge in [0.1, 0.15) is 0 Å². The average molecular weight is 187 g/mol. The fraction of sp³-hybridized carbons (Fsp3) is 0.333. The number of fused-ring (bicyclic) bond motifs is 3. The van der Waals surface area contributed by atoms with Crippen LogP contribution >= 0.6 is 0 Å². The lowest BCUT2D eigenvalue weighted by atomic mass is 10.1. The average Bonchev–Trinajstić information content (AvgIpc) is 2.56. The van der Waals surface area contributed by atoms with E-state index in [4.69, 9.17) is 0 Å². The Morgan fingerprint density at radius 2 is 2.14 bits per heavy atom. The van der Waals surface area contributed by atoms with Crippen molar-refractivity contribution >= 4 is 10.9 Å². The summed E-state index contributed by atoms with van der Waals surface area (Å²) in [5, 5.41) is 10.9. The summed E-state index contributed by atoms with van der Waals surface area (Å²) in [5.41, 5.74) is 2.61. The van der Waals surface area contributed by atoms with Crippen LogP contribution in [-0.4, -0.2) is 15.8 Å². The van der Waals surface area contributed by atoms with Crippen molar-refractivity contribution in [1.29, 1.82) is 0 Å². The number of rotatable bonds is 0. The van der Waals surface area contributed by atoms with Gasteiger partial charge < -0.3 is 9.67 Å². The van der Waals surface area contributed by atoms with Gasteiger partial charge in [0.2, 0.25) is 0 Å². The molecule has 1 aliphatic rings. The van der Waals surface area contributed by atoms with Gasteiger partial charge in [-0.1, -0.05) is 18.2 Å². The summed E-state index contributed by atoms with van der Waals surface area (Å²) in [5.74, 6) is 0. The second kappa shape index (κ2) is 2.85. The smallest absolute Gasteiger partial charge is 0.0723 e. The molecular weight excluding hydrogens is 174 g/mol. The van der Waals surface area contributed by atoms with Crippen LogP contribution in [0.15, 0.2) is 30.3 Å². The van der Waals surface area contributed by atoms with Crippen LogP contribution in [0.1, 0.15) is 12.1 Å². The lowest BCUT2D eigenvalue weighted by Crippen LogP contribution is -2.23. The Morgan fingerprint density at radius 1 is 1.29 bits per heavy atom. The Kier molecular flexibility index (Phi) is 1.64. The Labute approximate surface area is 82.8 Å². The van der Waals surface area contributed by atoms with Crippen molar-refractivity contribution in [3.8, 4) is 0 Å². The van der Waals surface area contributed by atoms with Crippen molar-refractivity contribution in [1.82, 2.24) is 4.57 Å². The highest BCUT2D eigenvalue weighted by Gasteiger charge is 2.17. The van der Waals surface area contributed by atoms with Crippen molar-refractivity contribution in [2.45, 2.75) is 25.5 Å². The fourth-order valence-electron chi connectivity index (χ4n) is 2.31. The molecule has 0 aliphatic carbocycles. The van der Waals surface area contributed by atoms with E-state index in [9.17, 15) is 5.11 Å². The van der Waals surface area contributed by atoms with E-state index in [1.165, 1.54) is 16.6 Å². The molecule has 1 atom stereocenters. The maximum Gasteiger partial charge on any atom is 0.0723 e. The first-order valence-corrected chi connectivity index (χ1v) is 5.10. The summed E-state index contributed by atoms with van der Waals surface area (Å²) >= 11 is 0. The first kappa shape index (κ1) is 8.06. The summed E-state index contributed by atoms with van der Waals surface area (Å²) in [7, 11) is 0. The second-order valence-corrected chi connectivity index (χ2v) is 4.00. The Balaban J connectivity index is 2.25. The molecule has 0 radical (unpaired) electrons. The molecule has 0 fully saturated rings. The van der Waals surface area contributed by atoms with Gasteiger partial charge in [-0.15, -0.1) is 0 Å². The first-order chi connectivity index (χ1) is 6.84. The van der Waals surface area contributed by atoms with Gasteiger partial charge >= 0.3 is 0 Å². The number of aliphatic hydroxyl groups excluding tert-OH is 1. The third kappa shape index (κ3) is 1.07. The number of aliphatic hydroxyl groups is 1. The molecule has 0 unspecified atom stereocenters. The molecule has 2 heteroatoms. The van der Waals surface area contributed by atoms with Gasteiger partial charge in [0.05, 0.1) is 6.10 Å². The molecule has 0 bridgehead atoms. The molecule has 3 rings (SSSR count). The summed E-state index contributed by atoms with van der Waals surface area (Å²) < 4.78 is 2.24. The van der Waals surface area contributed by atoms with Gasteiger partial charge in [-0.25, -0.2) is 0 Å². The fourth-order valence-corrected chi connectivity index (χ4v) is 2.31. The quantitative estimate of drug-likeness (QED) is 0.670. The van der Waals surface area contributed by atoms with Gasteiger partial charge in [0.15, 0.2) is 0 Å². The number of benzene rings is 1. The van der Waals surface area contributed by atoms with E-state index >= 15 is 0 Å². The summed E-state index contributed by atoms with van der Waals surface area (Å²) in [4.78, 5) is 0. The largest absolute Gasteiger partial charge is 0.391 e. The third-order valence-corrected chi connectivity index (χ3v) is 3.02. The third-order valence-electron chi connectivity index (χ3n) is 3.02. The zero-order valence-electron chi connectivity index (χ0n) is 7.98. The Morgan fingerprint density at radius 3 is 3.07 bits per heavy atom. The molecular formula is C12H13NO. The predicted molar refractivity (Wildman–Crippen MR) is 56.3 cm³/mol. The maximum absolute atomic E-state index is 9.61. The molecule has 2 aromatic rings. The van der Waals surface area contributed by atoms with Crippen LogP contribution in [-0.2, 0) is 13.0 Å². The highest BCUT2D eigenvalue weighted by Crippen LogP contribution is 2.25. The van der Waals surface area contributed by atoms with E-state index in [0.717, 1.165) is 19.4 Å². The second-order valence-electron chi connectivity index (χ2n) is 4.00. The van der Waals surface area contributed by atoms with Crippen LogP contribution in [0.4, 0.5) is 0 Å². The van der Waals surface area contributed by atoms with Crippen LogP contribution in [0.2, 0.25) is 0 Å². The van der Waals surface area contributed by atoms with Crippen molar-refractivity contribution < 1.29 is 5.11 Å². The molecule has 1 N–H and O–H groups in total. The van der Waals surface area contributed by atoms with Gasteiger partial charge in [-0.2, -0.15) is 0 Å². The van der Waals surface area contributed by atoms with Crippen LogP contribution in [0.5, 0.6) is 0 Å². The van der Waals surface area contributed by atoms with Gasteiger partial charge in [-0.3, -0.25) is 0 Å². The molecule has 72 valence electrons. The molecule has 2 heterocycles. The molecule has 2 nitrogen and oxygen atoms in total. The number of hydrogen-bond donors (Lipinski definition) is 1. The molecule has 0 saturated heterocycles. The minimum atomic E-state index is -0.168. The molecule has 14 heavy (non-hydrogen) atoms. The number of nitrogens with zero attached hydrogens (tertiary/aromatic N) is 1. The van der Waals surface area contributed by atoms with Gasteiger partial charge in [0.25, 0.3) is 0 Å². The topological polar surface area (TPSA) is 25.2 Å². The van der Waals surface area contributed by atoms with E-state index in [0.29, 0.717) is 0 Å². The van der Waals surface area contributed by atoms with Gasteiger partial charge in [-0.05, 0) is 30.4 Å². The summed E-state index contributed by atoms with van der Waals surface area (Å²) in [6.07, 6.45) is 1.73. The number of hydrogen-bond acceptors (Lipinski definition) is 1. The number of para-hydroxylation sites is 1. The molecule has 0 spiro atoms. The van der Waals surface area contributed by atoms with Crippen LogP contribution < -0.4 is 0 Å². The lowest BCUT2D eigenvalue weighted by Gasteiger charge is -2.20. The van der Waals surface area contributed by atoms with Crippen molar-refractivity contribution in [2.24, 2.45) is 0 Å².